The van der Waals surface area contributed by atoms with Crippen LogP contribution in [0.25, 0.3) is 0 Å². The fourth-order valence-corrected chi connectivity index (χ4v) is 5.51. The topological polar surface area (TPSA) is 113 Å². The quantitative estimate of drug-likeness (QED) is 0.747. The zero-order chi connectivity index (χ0) is 21.4. The molecule has 0 aliphatic carbocycles. The number of amides is 1. The summed E-state index contributed by atoms with van der Waals surface area (Å²) in [6.07, 6.45) is 1.16. The van der Waals surface area contributed by atoms with Gasteiger partial charge in [0.15, 0.2) is 0 Å². The molecule has 0 aromatic heterocycles. The van der Waals surface area contributed by atoms with Crippen molar-refractivity contribution in [2.24, 2.45) is 0 Å². The van der Waals surface area contributed by atoms with Gasteiger partial charge < -0.3 is 15.2 Å². The Kier molecular flexibility index (Phi) is 5.35. The minimum absolute atomic E-state index is 0.0981. The Bertz CT molecular complexity index is 1070. The lowest BCUT2D eigenvalue weighted by Gasteiger charge is -2.38. The monoisotopic (exact) mass is 430 g/mol. The van der Waals surface area contributed by atoms with Gasteiger partial charge in [0, 0.05) is 18.7 Å². The molecule has 0 unspecified atom stereocenters. The van der Waals surface area contributed by atoms with Gasteiger partial charge in [-0.25, -0.2) is 8.42 Å². The number of hydrogen-bond donors (Lipinski definition) is 2. The minimum atomic E-state index is -3.70. The molecule has 2 aliphatic rings. The van der Waals surface area contributed by atoms with Crippen LogP contribution in [-0.2, 0) is 31.8 Å². The summed E-state index contributed by atoms with van der Waals surface area (Å²) in [5, 5.41) is 10.9. The second kappa shape index (κ2) is 7.82. The largest absolute Gasteiger partial charge is 0.480 e. The van der Waals surface area contributed by atoms with Crippen molar-refractivity contribution in [2.45, 2.75) is 29.9 Å². The fraction of sp³-hybridized carbons (Fsp3) is 0.333. The number of carboxylic acid groups (broad SMARTS) is 1. The predicted molar refractivity (Wildman–Crippen MR) is 107 cm³/mol. The SMILES string of the molecule is O=C(O)CNC(=O)c1ccc(S(=O)(=O)N2CCC3(CC2)OCc2ccccc23)cc1. The first-order valence-corrected chi connectivity index (χ1v) is 11.1. The highest BCUT2D eigenvalue weighted by Gasteiger charge is 2.44. The Morgan fingerprint density at radius 1 is 1.07 bits per heavy atom. The van der Waals surface area contributed by atoms with E-state index in [9.17, 15) is 18.0 Å². The minimum Gasteiger partial charge on any atom is -0.480 e. The number of carbonyl (C=O) groups excluding carboxylic acids is 1. The molecule has 2 N–H and O–H groups in total. The molecular weight excluding hydrogens is 408 g/mol. The van der Waals surface area contributed by atoms with Crippen molar-refractivity contribution in [3.8, 4) is 0 Å². The molecule has 0 radical (unpaired) electrons. The molecule has 2 aromatic rings. The molecule has 2 aromatic carbocycles. The summed E-state index contributed by atoms with van der Waals surface area (Å²) in [5.74, 6) is -1.72. The maximum Gasteiger partial charge on any atom is 0.322 e. The van der Waals surface area contributed by atoms with Crippen LogP contribution in [0, 0.1) is 0 Å². The average Bonchev–Trinajstić information content (AvgIpc) is 3.10. The number of fused-ring (bicyclic) bond motifs is 2. The molecule has 30 heavy (non-hydrogen) atoms. The molecule has 4 rings (SSSR count). The third-order valence-electron chi connectivity index (χ3n) is 5.70. The molecule has 2 heterocycles. The van der Waals surface area contributed by atoms with E-state index in [1.807, 2.05) is 18.2 Å². The van der Waals surface area contributed by atoms with E-state index in [0.717, 1.165) is 11.1 Å². The van der Waals surface area contributed by atoms with Crippen molar-refractivity contribution in [3.63, 3.8) is 0 Å². The lowest BCUT2D eigenvalue weighted by molar-refractivity contribution is -0.135. The van der Waals surface area contributed by atoms with E-state index in [-0.39, 0.29) is 10.5 Å². The van der Waals surface area contributed by atoms with Gasteiger partial charge in [0.1, 0.15) is 6.54 Å². The van der Waals surface area contributed by atoms with Crippen molar-refractivity contribution in [1.29, 1.82) is 0 Å². The zero-order valence-electron chi connectivity index (χ0n) is 16.2. The van der Waals surface area contributed by atoms with Crippen LogP contribution in [-0.4, -0.2) is 49.3 Å². The number of aliphatic carboxylic acids is 1. The number of carboxylic acids is 1. The van der Waals surface area contributed by atoms with Gasteiger partial charge in [-0.1, -0.05) is 24.3 Å². The van der Waals surface area contributed by atoms with Crippen LogP contribution in [0.5, 0.6) is 0 Å². The smallest absolute Gasteiger partial charge is 0.322 e. The van der Waals surface area contributed by atoms with Gasteiger partial charge in [-0.2, -0.15) is 4.31 Å². The van der Waals surface area contributed by atoms with Gasteiger partial charge in [0.05, 0.1) is 17.1 Å². The van der Waals surface area contributed by atoms with E-state index >= 15 is 0 Å². The van der Waals surface area contributed by atoms with E-state index in [0.29, 0.717) is 32.5 Å². The Morgan fingerprint density at radius 2 is 1.73 bits per heavy atom. The van der Waals surface area contributed by atoms with Gasteiger partial charge >= 0.3 is 5.97 Å². The molecular formula is C21H22N2O6S. The predicted octanol–water partition coefficient (Wildman–Crippen LogP) is 1.71. The van der Waals surface area contributed by atoms with Crippen LogP contribution >= 0.6 is 0 Å². The molecule has 158 valence electrons. The number of sulfonamides is 1. The maximum absolute atomic E-state index is 13.0. The average molecular weight is 430 g/mol. The Hall–Kier alpha value is -2.75. The first kappa shape index (κ1) is 20.5. The third kappa shape index (κ3) is 3.71. The summed E-state index contributed by atoms with van der Waals surface area (Å²) >= 11 is 0. The molecule has 1 saturated heterocycles. The van der Waals surface area contributed by atoms with Crippen LogP contribution in [0.1, 0.15) is 34.3 Å². The number of benzene rings is 2. The zero-order valence-corrected chi connectivity index (χ0v) is 17.0. The summed E-state index contributed by atoms with van der Waals surface area (Å²) < 4.78 is 33.6. The van der Waals surface area contributed by atoms with Gasteiger partial charge in [0.25, 0.3) is 5.91 Å². The highest BCUT2D eigenvalue weighted by molar-refractivity contribution is 7.89. The second-order valence-corrected chi connectivity index (χ2v) is 9.38. The number of piperidine rings is 1. The van der Waals surface area contributed by atoms with Crippen LogP contribution in [0.15, 0.2) is 53.4 Å². The van der Waals surface area contributed by atoms with Crippen LogP contribution in [0.3, 0.4) is 0 Å². The number of nitrogens with zero attached hydrogens (tertiary/aromatic N) is 1. The maximum atomic E-state index is 13.0. The molecule has 1 fully saturated rings. The van der Waals surface area contributed by atoms with Crippen molar-refractivity contribution in [3.05, 3.63) is 65.2 Å². The summed E-state index contributed by atoms with van der Waals surface area (Å²) in [7, 11) is -3.70. The highest BCUT2D eigenvalue weighted by atomic mass is 32.2. The molecule has 9 heteroatoms. The van der Waals surface area contributed by atoms with E-state index in [1.165, 1.54) is 28.6 Å². The van der Waals surface area contributed by atoms with E-state index in [1.54, 1.807) is 0 Å². The standard InChI is InChI=1S/C21H22N2O6S/c24-19(25)13-22-20(26)15-5-7-17(8-6-15)30(27,28)23-11-9-21(10-12-23)18-4-2-1-3-16(18)14-29-21/h1-8H,9-14H2,(H,22,26)(H,24,25). The summed E-state index contributed by atoms with van der Waals surface area (Å²) in [6.45, 7) is 0.739. The van der Waals surface area contributed by atoms with Gasteiger partial charge in [-0.3, -0.25) is 9.59 Å². The van der Waals surface area contributed by atoms with Crippen molar-refractivity contribution in [1.82, 2.24) is 9.62 Å². The first-order valence-electron chi connectivity index (χ1n) is 9.64. The van der Waals surface area contributed by atoms with Gasteiger partial charge in [-0.15, -0.1) is 0 Å². The van der Waals surface area contributed by atoms with E-state index in [4.69, 9.17) is 9.84 Å². The van der Waals surface area contributed by atoms with E-state index in [2.05, 4.69) is 11.4 Å². The van der Waals surface area contributed by atoms with Crippen molar-refractivity contribution in [2.75, 3.05) is 19.6 Å². The number of ether oxygens (including phenoxy) is 1. The molecule has 0 saturated carbocycles. The number of rotatable bonds is 5. The van der Waals surface area contributed by atoms with Crippen molar-refractivity contribution < 1.29 is 27.9 Å². The molecule has 1 spiro atoms. The second-order valence-electron chi connectivity index (χ2n) is 7.44. The van der Waals surface area contributed by atoms with Crippen LogP contribution in [0.2, 0.25) is 0 Å². The molecule has 0 atom stereocenters. The molecule has 2 aliphatic heterocycles. The number of nitrogens with one attached hydrogen (secondary N) is 1. The fourth-order valence-electron chi connectivity index (χ4n) is 4.07. The Balaban J connectivity index is 1.45. The lowest BCUT2D eigenvalue weighted by atomic mass is 9.84. The lowest BCUT2D eigenvalue weighted by Crippen LogP contribution is -2.45. The first-order chi connectivity index (χ1) is 14.3. The summed E-state index contributed by atoms with van der Waals surface area (Å²) in [5.41, 5.74) is 2.09. The Labute approximate surface area is 174 Å². The molecule has 0 bridgehead atoms. The molecule has 8 nitrogen and oxygen atoms in total. The number of carbonyl (C=O) groups is 2. The molecule has 1 amide bonds. The highest BCUT2D eigenvalue weighted by Crippen LogP contribution is 2.44. The van der Waals surface area contributed by atoms with Crippen LogP contribution < -0.4 is 5.32 Å². The summed E-state index contributed by atoms with van der Waals surface area (Å²) in [4.78, 5) is 22.6. The van der Waals surface area contributed by atoms with Crippen LogP contribution in [0.4, 0.5) is 0 Å². The summed E-state index contributed by atoms with van der Waals surface area (Å²) in [6, 6.07) is 13.6. The number of hydrogen-bond acceptors (Lipinski definition) is 5. The van der Waals surface area contributed by atoms with Gasteiger partial charge in [0.2, 0.25) is 10.0 Å². The Morgan fingerprint density at radius 3 is 2.40 bits per heavy atom. The van der Waals surface area contributed by atoms with Gasteiger partial charge in [-0.05, 0) is 48.2 Å². The normalized spacial score (nSPS) is 18.1. The van der Waals surface area contributed by atoms with E-state index < -0.39 is 34.0 Å². The van der Waals surface area contributed by atoms with Crippen molar-refractivity contribution >= 4 is 21.9 Å². The third-order valence-corrected chi connectivity index (χ3v) is 7.61.